The second kappa shape index (κ2) is 9.61. The van der Waals surface area contributed by atoms with E-state index in [0.29, 0.717) is 25.6 Å². The Morgan fingerprint density at radius 3 is 2.66 bits per heavy atom. The summed E-state index contributed by atoms with van der Waals surface area (Å²) in [6, 6.07) is 10.3. The number of nitrogens with one attached hydrogen (secondary N) is 1. The third-order valence-electron chi connectivity index (χ3n) is 4.49. The van der Waals surface area contributed by atoms with Gasteiger partial charge in [0, 0.05) is 36.0 Å². The van der Waals surface area contributed by atoms with Crippen LogP contribution in [0.4, 0.5) is 10.1 Å². The van der Waals surface area contributed by atoms with Crippen molar-refractivity contribution in [2.75, 3.05) is 18.0 Å². The monoisotopic (exact) mass is 450 g/mol. The molecule has 0 saturated carbocycles. The fourth-order valence-electron chi connectivity index (χ4n) is 2.94. The smallest absolute Gasteiger partial charge is 0.263 e. The number of halogens is 2. The van der Waals surface area contributed by atoms with E-state index in [9.17, 15) is 9.18 Å². The normalized spacial score (nSPS) is 15.0. The number of hydrogen-bond donors (Lipinski definition) is 1. The van der Waals surface area contributed by atoms with Gasteiger partial charge in [-0.25, -0.2) is 4.39 Å². The van der Waals surface area contributed by atoms with Crippen LogP contribution >= 0.6 is 35.6 Å². The van der Waals surface area contributed by atoms with Crippen molar-refractivity contribution in [1.82, 2.24) is 5.32 Å². The largest absolute Gasteiger partial charge is 0.488 e. The van der Waals surface area contributed by atoms with Gasteiger partial charge in [-0.1, -0.05) is 41.6 Å². The maximum absolute atomic E-state index is 14.1. The van der Waals surface area contributed by atoms with E-state index >= 15 is 0 Å². The molecule has 1 N–H and O–H groups in total. The number of nitrogens with zero attached hydrogens (tertiary/aromatic N) is 1. The molecule has 8 heteroatoms. The first-order chi connectivity index (χ1) is 13.9. The van der Waals surface area contributed by atoms with Crippen LogP contribution in [0.1, 0.15) is 25.0 Å². The molecule has 0 spiro atoms. The van der Waals surface area contributed by atoms with E-state index in [0.717, 1.165) is 18.8 Å². The molecule has 3 rings (SSSR count). The van der Waals surface area contributed by atoms with E-state index < -0.39 is 5.82 Å². The summed E-state index contributed by atoms with van der Waals surface area (Å²) in [5.41, 5.74) is 1.97. The summed E-state index contributed by atoms with van der Waals surface area (Å²) in [6.07, 6.45) is 1.73. The Morgan fingerprint density at radius 1 is 1.28 bits per heavy atom. The van der Waals surface area contributed by atoms with Gasteiger partial charge in [-0.15, -0.1) is 0 Å². The molecule has 152 valence electrons. The number of thioether (sulfide) groups is 1. The van der Waals surface area contributed by atoms with Crippen LogP contribution in [0, 0.1) is 5.82 Å². The highest BCUT2D eigenvalue weighted by Crippen LogP contribution is 2.33. The number of ether oxygens (including phenoxy) is 1. The Kier molecular flexibility index (Phi) is 7.16. The van der Waals surface area contributed by atoms with Crippen LogP contribution in [-0.2, 0) is 11.4 Å². The van der Waals surface area contributed by atoms with Crippen molar-refractivity contribution in [3.05, 3.63) is 63.3 Å². The van der Waals surface area contributed by atoms with Crippen LogP contribution in [0.25, 0.3) is 6.08 Å². The van der Waals surface area contributed by atoms with Gasteiger partial charge in [0.25, 0.3) is 5.91 Å². The second-order valence-electron chi connectivity index (χ2n) is 6.24. The first kappa shape index (κ1) is 21.6. The summed E-state index contributed by atoms with van der Waals surface area (Å²) >= 11 is 12.4. The van der Waals surface area contributed by atoms with E-state index in [-0.39, 0.29) is 18.1 Å². The fraction of sp³-hybridized carbons (Fsp3) is 0.238. The lowest BCUT2D eigenvalue weighted by molar-refractivity contribution is -0.115. The molecule has 1 amide bonds. The standard InChI is InChI=1S/C21H20ClFN2O2S2/c1-3-25(4-2)14-9-8-13(10-19-20(26)24-21(28)29-19)18(11-14)27-12-15-16(22)6-5-7-17(15)23/h5-11H,3-4,12H2,1-2H3,(H,24,26,28)/b19-10+. The van der Waals surface area contributed by atoms with Crippen molar-refractivity contribution in [3.8, 4) is 5.75 Å². The van der Waals surface area contributed by atoms with Crippen LogP contribution < -0.4 is 15.0 Å². The first-order valence-electron chi connectivity index (χ1n) is 9.12. The Hall–Kier alpha value is -2.09. The van der Waals surface area contributed by atoms with Crippen LogP contribution in [0.2, 0.25) is 5.02 Å². The molecule has 1 fully saturated rings. The van der Waals surface area contributed by atoms with E-state index in [1.165, 1.54) is 17.8 Å². The summed E-state index contributed by atoms with van der Waals surface area (Å²) < 4.78 is 20.5. The molecular weight excluding hydrogens is 431 g/mol. The number of rotatable bonds is 7. The minimum atomic E-state index is -0.423. The zero-order chi connectivity index (χ0) is 21.0. The lowest BCUT2D eigenvalue weighted by Crippen LogP contribution is -2.21. The summed E-state index contributed by atoms with van der Waals surface area (Å²) in [4.78, 5) is 14.7. The van der Waals surface area contributed by atoms with Crippen molar-refractivity contribution in [3.63, 3.8) is 0 Å². The van der Waals surface area contributed by atoms with E-state index in [2.05, 4.69) is 24.1 Å². The predicted molar refractivity (Wildman–Crippen MR) is 122 cm³/mol. The predicted octanol–water partition coefficient (Wildman–Crippen LogP) is 5.39. The quantitative estimate of drug-likeness (QED) is 0.452. The highest BCUT2D eigenvalue weighted by molar-refractivity contribution is 8.26. The van der Waals surface area contributed by atoms with Gasteiger partial charge in [0.15, 0.2) is 0 Å². The average molecular weight is 451 g/mol. The van der Waals surface area contributed by atoms with Crippen molar-refractivity contribution in [1.29, 1.82) is 0 Å². The van der Waals surface area contributed by atoms with Gasteiger partial charge in [-0.2, -0.15) is 0 Å². The van der Waals surface area contributed by atoms with Crippen LogP contribution in [0.15, 0.2) is 41.3 Å². The zero-order valence-electron chi connectivity index (χ0n) is 16.0. The third-order valence-corrected chi connectivity index (χ3v) is 6.00. The van der Waals surface area contributed by atoms with Gasteiger partial charge in [-0.05, 0) is 44.2 Å². The molecule has 1 heterocycles. The SMILES string of the molecule is CCN(CC)c1ccc(/C=C2/SC(=S)NC2=O)c(OCc2c(F)cccc2Cl)c1. The van der Waals surface area contributed by atoms with Gasteiger partial charge in [0.2, 0.25) is 0 Å². The number of amides is 1. The van der Waals surface area contributed by atoms with E-state index in [4.69, 9.17) is 28.6 Å². The van der Waals surface area contributed by atoms with Gasteiger partial charge >= 0.3 is 0 Å². The fourth-order valence-corrected chi connectivity index (χ4v) is 4.19. The molecule has 1 aliphatic rings. The Labute approximate surface area is 184 Å². The van der Waals surface area contributed by atoms with Crippen molar-refractivity contribution >= 4 is 57.6 Å². The molecule has 0 aromatic heterocycles. The molecule has 2 aromatic carbocycles. The van der Waals surface area contributed by atoms with E-state index in [1.807, 2.05) is 18.2 Å². The number of carbonyl (C=O) groups is 1. The molecule has 4 nitrogen and oxygen atoms in total. The van der Waals surface area contributed by atoms with Crippen LogP contribution in [-0.4, -0.2) is 23.3 Å². The molecule has 0 bridgehead atoms. The Morgan fingerprint density at radius 2 is 2.03 bits per heavy atom. The minimum Gasteiger partial charge on any atom is -0.488 e. The number of carbonyl (C=O) groups excluding carboxylic acids is 1. The minimum absolute atomic E-state index is 0.0267. The highest BCUT2D eigenvalue weighted by Gasteiger charge is 2.23. The summed E-state index contributed by atoms with van der Waals surface area (Å²) in [5, 5.41) is 2.90. The number of anilines is 1. The van der Waals surface area contributed by atoms with Gasteiger partial charge < -0.3 is 15.0 Å². The third kappa shape index (κ3) is 5.10. The molecule has 2 aromatic rings. The molecule has 0 atom stereocenters. The van der Waals surface area contributed by atoms with Crippen LogP contribution in [0.3, 0.4) is 0 Å². The molecule has 0 aliphatic carbocycles. The molecule has 29 heavy (non-hydrogen) atoms. The Balaban J connectivity index is 1.96. The summed E-state index contributed by atoms with van der Waals surface area (Å²) in [5.74, 6) is -0.128. The van der Waals surface area contributed by atoms with E-state index in [1.54, 1.807) is 18.2 Å². The molecular formula is C21H20ClFN2O2S2. The topological polar surface area (TPSA) is 41.6 Å². The second-order valence-corrected chi connectivity index (χ2v) is 8.36. The number of hydrogen-bond acceptors (Lipinski definition) is 5. The van der Waals surface area contributed by atoms with Gasteiger partial charge in [0.05, 0.1) is 9.93 Å². The first-order valence-corrected chi connectivity index (χ1v) is 10.7. The molecule has 0 radical (unpaired) electrons. The molecule has 1 aliphatic heterocycles. The Bertz CT molecular complexity index is 957. The lowest BCUT2D eigenvalue weighted by Gasteiger charge is -2.22. The van der Waals surface area contributed by atoms with Crippen molar-refractivity contribution in [2.24, 2.45) is 0 Å². The highest BCUT2D eigenvalue weighted by atomic mass is 35.5. The van der Waals surface area contributed by atoms with Crippen LogP contribution in [0.5, 0.6) is 5.75 Å². The van der Waals surface area contributed by atoms with Crippen molar-refractivity contribution < 1.29 is 13.9 Å². The maximum Gasteiger partial charge on any atom is 0.263 e. The summed E-state index contributed by atoms with van der Waals surface area (Å²) in [6.45, 7) is 5.78. The lowest BCUT2D eigenvalue weighted by atomic mass is 10.1. The molecule has 0 unspecified atom stereocenters. The summed E-state index contributed by atoms with van der Waals surface area (Å²) in [7, 11) is 0. The molecule has 1 saturated heterocycles. The average Bonchev–Trinajstić information content (AvgIpc) is 3.01. The maximum atomic E-state index is 14.1. The number of benzene rings is 2. The van der Waals surface area contributed by atoms with Gasteiger partial charge in [0.1, 0.15) is 22.5 Å². The zero-order valence-corrected chi connectivity index (χ0v) is 18.4. The van der Waals surface area contributed by atoms with Crippen molar-refractivity contribution in [2.45, 2.75) is 20.5 Å². The van der Waals surface area contributed by atoms with Gasteiger partial charge in [-0.3, -0.25) is 4.79 Å². The number of thiocarbonyl (C=S) groups is 1.